The Morgan fingerprint density at radius 2 is 2.06 bits per heavy atom. The van der Waals surface area contributed by atoms with Gasteiger partial charge in [-0.2, -0.15) is 9.71 Å². The quantitative estimate of drug-likeness (QED) is 0.460. The fourth-order valence-corrected chi connectivity index (χ4v) is 4.68. The number of nitrogens with zero attached hydrogens (tertiary/aromatic N) is 2. The van der Waals surface area contributed by atoms with Crippen LogP contribution in [0.15, 0.2) is 50.3 Å². The van der Waals surface area contributed by atoms with Crippen LogP contribution >= 0.6 is 15.9 Å². The summed E-state index contributed by atoms with van der Waals surface area (Å²) in [6, 6.07) is 6.98. The molecule has 4 rings (SSSR count). The highest BCUT2D eigenvalue weighted by Crippen LogP contribution is 2.39. The van der Waals surface area contributed by atoms with Crippen molar-refractivity contribution in [2.45, 2.75) is 43.0 Å². The van der Waals surface area contributed by atoms with Crippen LogP contribution in [0.1, 0.15) is 35.8 Å². The molecule has 1 unspecified atom stereocenters. The van der Waals surface area contributed by atoms with Crippen molar-refractivity contribution in [1.29, 1.82) is 0 Å². The third-order valence-electron chi connectivity index (χ3n) is 5.12. The number of nitrogens with one attached hydrogen (secondary N) is 1. The number of aryl methyl sites for hydroxylation is 1. The minimum Gasteiger partial charge on any atom is -0.480 e. The van der Waals surface area contributed by atoms with Gasteiger partial charge in [-0.3, -0.25) is 4.79 Å². The molecule has 0 aliphatic heterocycles. The van der Waals surface area contributed by atoms with E-state index in [-0.39, 0.29) is 28.6 Å². The van der Waals surface area contributed by atoms with E-state index in [1.54, 1.807) is 13.0 Å². The smallest absolute Gasteiger partial charge is 0.322 e. The van der Waals surface area contributed by atoms with Gasteiger partial charge in [0, 0.05) is 10.4 Å². The van der Waals surface area contributed by atoms with Gasteiger partial charge in [-0.1, -0.05) is 27.2 Å². The maximum Gasteiger partial charge on any atom is 0.322 e. The number of aliphatic carboxylic acids is 1. The van der Waals surface area contributed by atoms with Gasteiger partial charge in [-0.15, -0.1) is 0 Å². The lowest BCUT2D eigenvalue weighted by atomic mass is 10.0. The second-order valence-corrected chi connectivity index (χ2v) is 10.2. The molecule has 2 aromatic carbocycles. The number of sulfonamides is 1. The zero-order valence-corrected chi connectivity index (χ0v) is 19.3. The van der Waals surface area contributed by atoms with E-state index in [1.165, 1.54) is 24.3 Å². The molecule has 3 aromatic rings. The lowest BCUT2D eigenvalue weighted by Gasteiger charge is -2.16. The molecule has 1 fully saturated rings. The average molecular weight is 524 g/mol. The van der Waals surface area contributed by atoms with Crippen molar-refractivity contribution >= 4 is 31.9 Å². The number of carboxylic acids is 1. The molecule has 32 heavy (non-hydrogen) atoms. The molecule has 1 aliphatic rings. The van der Waals surface area contributed by atoms with Gasteiger partial charge in [-0.05, 0) is 67.6 Å². The number of rotatable bonds is 8. The highest BCUT2D eigenvalue weighted by Gasteiger charge is 2.30. The fourth-order valence-electron chi connectivity index (χ4n) is 3.16. The van der Waals surface area contributed by atoms with Crippen LogP contribution in [0.25, 0.3) is 11.4 Å². The van der Waals surface area contributed by atoms with Gasteiger partial charge in [0.15, 0.2) is 0 Å². The van der Waals surface area contributed by atoms with Crippen LogP contribution in [0.4, 0.5) is 4.39 Å². The molecule has 0 spiro atoms. The lowest BCUT2D eigenvalue weighted by Crippen LogP contribution is -2.42. The van der Waals surface area contributed by atoms with E-state index >= 15 is 0 Å². The summed E-state index contributed by atoms with van der Waals surface area (Å²) >= 11 is 3.30. The number of carboxylic acid groups (broad SMARTS) is 1. The van der Waals surface area contributed by atoms with E-state index in [0.29, 0.717) is 17.0 Å². The summed E-state index contributed by atoms with van der Waals surface area (Å²) in [5, 5.41) is 13.4. The largest absolute Gasteiger partial charge is 0.480 e. The van der Waals surface area contributed by atoms with Crippen LogP contribution in [0, 0.1) is 12.7 Å². The van der Waals surface area contributed by atoms with Gasteiger partial charge in [-0.25, -0.2) is 12.8 Å². The molecule has 168 valence electrons. The summed E-state index contributed by atoms with van der Waals surface area (Å²) in [6.45, 7) is 1.72. The highest BCUT2D eigenvalue weighted by atomic mass is 79.9. The summed E-state index contributed by atoms with van der Waals surface area (Å²) < 4.78 is 48.1. The summed E-state index contributed by atoms with van der Waals surface area (Å²) in [7, 11) is -4.10. The predicted octanol–water partition coefficient (Wildman–Crippen LogP) is 3.80. The van der Waals surface area contributed by atoms with Crippen LogP contribution in [-0.2, 0) is 21.2 Å². The van der Waals surface area contributed by atoms with Gasteiger partial charge >= 0.3 is 5.97 Å². The average Bonchev–Trinajstić information content (AvgIpc) is 3.47. The predicted molar refractivity (Wildman–Crippen MR) is 116 cm³/mol. The molecule has 0 radical (unpaired) electrons. The number of carbonyl (C=O) groups is 1. The van der Waals surface area contributed by atoms with E-state index in [1.807, 2.05) is 0 Å². The third kappa shape index (κ3) is 4.89. The third-order valence-corrected chi connectivity index (χ3v) is 7.48. The zero-order valence-electron chi connectivity index (χ0n) is 16.9. The number of benzene rings is 2. The second-order valence-electron chi connectivity index (χ2n) is 7.67. The summed E-state index contributed by atoms with van der Waals surface area (Å²) in [6.07, 6.45) is 1.69. The normalized spacial score (nSPS) is 15.0. The van der Waals surface area contributed by atoms with E-state index < -0.39 is 27.9 Å². The first-order valence-corrected chi connectivity index (χ1v) is 12.1. The fraction of sp³-hybridized carbons (Fsp3) is 0.286. The number of hydrogen-bond acceptors (Lipinski definition) is 6. The molecule has 1 saturated carbocycles. The van der Waals surface area contributed by atoms with Crippen molar-refractivity contribution < 1.29 is 27.2 Å². The van der Waals surface area contributed by atoms with Crippen LogP contribution in [0.5, 0.6) is 0 Å². The lowest BCUT2D eigenvalue weighted by molar-refractivity contribution is -0.138. The Balaban J connectivity index is 1.53. The maximum absolute atomic E-state index is 14.7. The van der Waals surface area contributed by atoms with E-state index in [2.05, 4.69) is 30.8 Å². The van der Waals surface area contributed by atoms with Crippen LogP contribution in [-0.4, -0.2) is 35.7 Å². The van der Waals surface area contributed by atoms with Crippen molar-refractivity contribution in [2.24, 2.45) is 0 Å². The monoisotopic (exact) mass is 523 g/mol. The van der Waals surface area contributed by atoms with E-state index in [0.717, 1.165) is 23.4 Å². The van der Waals surface area contributed by atoms with Gasteiger partial charge in [0.05, 0.1) is 10.5 Å². The second kappa shape index (κ2) is 8.72. The minimum atomic E-state index is -4.10. The van der Waals surface area contributed by atoms with Gasteiger partial charge in [0.25, 0.3) is 0 Å². The van der Waals surface area contributed by atoms with Crippen molar-refractivity contribution in [3.8, 4) is 11.4 Å². The van der Waals surface area contributed by atoms with Gasteiger partial charge in [0.2, 0.25) is 21.7 Å². The Hall–Kier alpha value is -2.63. The molecule has 1 atom stereocenters. The maximum atomic E-state index is 14.7. The molecule has 1 heterocycles. The Bertz CT molecular complexity index is 1290. The zero-order chi connectivity index (χ0) is 23.0. The van der Waals surface area contributed by atoms with Gasteiger partial charge < -0.3 is 9.63 Å². The molecule has 1 aliphatic carbocycles. The number of aromatic nitrogens is 2. The molecular formula is C21H19BrFN3O5S. The molecule has 0 amide bonds. The Kier molecular flexibility index (Phi) is 6.15. The first-order chi connectivity index (χ1) is 15.1. The first-order valence-electron chi connectivity index (χ1n) is 9.78. The van der Waals surface area contributed by atoms with Crippen LogP contribution in [0.3, 0.4) is 0 Å². The summed E-state index contributed by atoms with van der Waals surface area (Å²) in [4.78, 5) is 15.9. The molecule has 0 bridgehead atoms. The van der Waals surface area contributed by atoms with Crippen molar-refractivity contribution in [1.82, 2.24) is 14.9 Å². The van der Waals surface area contributed by atoms with Crippen LogP contribution in [0.2, 0.25) is 0 Å². The standard InChI is InChI=1S/C21H19BrFN3O5S/c1-11-8-14(5-7-16(11)22)32(29,30)26-18(21(27)28)10-12-2-6-15(17(23)9-12)19-24-20(31-25-19)13-3-4-13/h2,5-9,13,18,26H,3-4,10H2,1H3,(H,27,28). The highest BCUT2D eigenvalue weighted by molar-refractivity contribution is 9.10. The Morgan fingerprint density at radius 1 is 1.31 bits per heavy atom. The minimum absolute atomic E-state index is 0.0606. The first kappa shape index (κ1) is 22.6. The summed E-state index contributed by atoms with van der Waals surface area (Å²) in [5.41, 5.74) is 1.12. The molecule has 8 nitrogen and oxygen atoms in total. The molecular weight excluding hydrogens is 505 g/mol. The molecule has 2 N–H and O–H groups in total. The molecule has 1 aromatic heterocycles. The van der Waals surface area contributed by atoms with E-state index in [9.17, 15) is 22.7 Å². The number of hydrogen-bond donors (Lipinski definition) is 2. The Morgan fingerprint density at radius 3 is 2.69 bits per heavy atom. The van der Waals surface area contributed by atoms with E-state index in [4.69, 9.17) is 4.52 Å². The topological polar surface area (TPSA) is 122 Å². The van der Waals surface area contributed by atoms with Crippen molar-refractivity contribution in [2.75, 3.05) is 0 Å². The van der Waals surface area contributed by atoms with Crippen molar-refractivity contribution in [3.05, 3.63) is 63.7 Å². The Labute approximate surface area is 192 Å². The molecule has 11 heteroatoms. The SMILES string of the molecule is Cc1cc(S(=O)(=O)NC(Cc2ccc(-c3noc(C4CC4)n3)c(F)c2)C(=O)O)ccc1Br. The van der Waals surface area contributed by atoms with Crippen molar-refractivity contribution in [3.63, 3.8) is 0 Å². The van der Waals surface area contributed by atoms with Crippen LogP contribution < -0.4 is 4.72 Å². The molecule has 0 saturated heterocycles. The van der Waals surface area contributed by atoms with Gasteiger partial charge in [0.1, 0.15) is 11.9 Å². The number of halogens is 2. The summed E-state index contributed by atoms with van der Waals surface area (Å²) in [5.74, 6) is -1.19.